The lowest BCUT2D eigenvalue weighted by Gasteiger charge is -2.08. The number of benzene rings is 1. The van der Waals surface area contributed by atoms with Gasteiger partial charge in [-0.1, -0.05) is 25.1 Å². The van der Waals surface area contributed by atoms with Crippen molar-refractivity contribution in [1.82, 2.24) is 20.9 Å². The summed E-state index contributed by atoms with van der Waals surface area (Å²) in [6, 6.07) is 4.11. The molecule has 0 aliphatic rings. The number of anilines is 1. The Morgan fingerprint density at radius 3 is 2.85 bits per heavy atom. The molecule has 0 aliphatic carbocycles. The van der Waals surface area contributed by atoms with Gasteiger partial charge < -0.3 is 16.0 Å². The number of amidine groups is 1. The number of amides is 2. The van der Waals surface area contributed by atoms with Gasteiger partial charge in [-0.3, -0.25) is 5.41 Å². The summed E-state index contributed by atoms with van der Waals surface area (Å²) in [7, 11) is 0. The Balaban J connectivity index is 1.81. The van der Waals surface area contributed by atoms with Crippen LogP contribution in [0.5, 0.6) is 0 Å². The number of thioether (sulfide) groups is 1. The summed E-state index contributed by atoms with van der Waals surface area (Å²) in [6.45, 7) is 3.14. The molecule has 1 aromatic carbocycles. The molecule has 11 heteroatoms. The van der Waals surface area contributed by atoms with Crippen molar-refractivity contribution in [1.29, 1.82) is 5.41 Å². The molecule has 0 fully saturated rings. The topological polar surface area (TPSA) is 116 Å². The minimum absolute atomic E-state index is 0.0254. The zero-order valence-corrected chi connectivity index (χ0v) is 17.0. The van der Waals surface area contributed by atoms with E-state index in [0.29, 0.717) is 29.6 Å². The van der Waals surface area contributed by atoms with Gasteiger partial charge in [0.15, 0.2) is 16.6 Å². The van der Waals surface area contributed by atoms with E-state index in [1.165, 1.54) is 30.0 Å². The lowest BCUT2D eigenvalue weighted by atomic mass is 10.3. The lowest BCUT2D eigenvalue weighted by molar-refractivity contribution is 0.241. The number of hydrogen-bond donors (Lipinski definition) is 4. The molecule has 2 aromatic rings. The number of carbonyl (C=O) groups is 1. The molecule has 0 unspecified atom stereocenters. The van der Waals surface area contributed by atoms with E-state index in [1.807, 2.05) is 0 Å². The highest BCUT2D eigenvalue weighted by molar-refractivity contribution is 9.10. The van der Waals surface area contributed by atoms with E-state index in [9.17, 15) is 9.18 Å². The fourth-order valence-electron chi connectivity index (χ4n) is 1.96. The highest BCUT2D eigenvalue weighted by Gasteiger charge is 2.16. The first-order chi connectivity index (χ1) is 13.0. The number of nitrogens with zero attached hydrogens (tertiary/aromatic N) is 2. The number of halogens is 2. The van der Waals surface area contributed by atoms with Crippen LogP contribution in [0.3, 0.4) is 0 Å². The van der Waals surface area contributed by atoms with Crippen LogP contribution in [0.25, 0.3) is 0 Å². The number of carbonyl (C=O) groups excluding carboxylic acids is 1. The number of unbranched alkanes of at least 4 members (excludes halogenated alkanes) is 1. The maximum Gasteiger partial charge on any atom is 0.314 e. The summed E-state index contributed by atoms with van der Waals surface area (Å²) in [4.78, 5) is 11.6. The average molecular weight is 459 g/mol. The monoisotopic (exact) mass is 458 g/mol. The van der Waals surface area contributed by atoms with Crippen molar-refractivity contribution in [3.8, 4) is 0 Å². The average Bonchev–Trinajstić information content (AvgIpc) is 3.11. The first kappa shape index (κ1) is 21.2. The number of aromatic nitrogens is 2. The van der Waals surface area contributed by atoms with Gasteiger partial charge >= 0.3 is 6.03 Å². The van der Waals surface area contributed by atoms with E-state index in [2.05, 4.69) is 49.1 Å². The molecule has 4 N–H and O–H groups in total. The van der Waals surface area contributed by atoms with E-state index < -0.39 is 5.82 Å². The maximum absolute atomic E-state index is 13.3. The van der Waals surface area contributed by atoms with Crippen molar-refractivity contribution < 1.29 is 13.8 Å². The smallest absolute Gasteiger partial charge is 0.314 e. The van der Waals surface area contributed by atoms with Gasteiger partial charge in [0.2, 0.25) is 0 Å². The minimum atomic E-state index is -0.391. The maximum atomic E-state index is 13.3. The molecule has 146 valence electrons. The van der Waals surface area contributed by atoms with E-state index in [4.69, 9.17) is 10.0 Å². The third-order valence-electron chi connectivity index (χ3n) is 3.33. The molecule has 8 nitrogen and oxygen atoms in total. The normalized spacial score (nSPS) is 10.5. The Morgan fingerprint density at radius 1 is 1.33 bits per heavy atom. The van der Waals surface area contributed by atoms with Gasteiger partial charge in [0, 0.05) is 24.5 Å². The van der Waals surface area contributed by atoms with Crippen LogP contribution >= 0.6 is 27.7 Å². The van der Waals surface area contributed by atoms with E-state index in [1.54, 1.807) is 0 Å². The quantitative estimate of drug-likeness (QED) is 0.197. The van der Waals surface area contributed by atoms with Crippen LogP contribution in [-0.4, -0.2) is 41.0 Å². The predicted molar refractivity (Wildman–Crippen MR) is 106 cm³/mol. The summed E-state index contributed by atoms with van der Waals surface area (Å²) in [5.74, 6) is 0.123. The zero-order chi connectivity index (χ0) is 19.6. The van der Waals surface area contributed by atoms with Crippen molar-refractivity contribution in [3.63, 3.8) is 0 Å². The summed E-state index contributed by atoms with van der Waals surface area (Å²) in [5, 5.41) is 24.4. The first-order valence-electron chi connectivity index (χ1n) is 8.29. The molecule has 27 heavy (non-hydrogen) atoms. The van der Waals surface area contributed by atoms with Crippen LogP contribution in [0, 0.1) is 11.2 Å². The van der Waals surface area contributed by atoms with Crippen molar-refractivity contribution >= 4 is 45.2 Å². The van der Waals surface area contributed by atoms with Crippen molar-refractivity contribution in [3.05, 3.63) is 34.2 Å². The molecule has 0 atom stereocenters. The fraction of sp³-hybridized carbons (Fsp3) is 0.375. The number of rotatable bonds is 9. The number of nitrogens with one attached hydrogen (secondary N) is 4. The molecular formula is C16H20BrFN6O2S. The second-order valence-corrected chi connectivity index (χ2v) is 7.37. The standard InChI is InChI=1S/C16H20BrFN6O2S/c1-2-3-6-20-16(25)21-7-8-27-15-13(23-26-24-15)14(19)22-10-4-5-12(18)11(17)9-10/h4-5,9H,2-3,6-8H2,1H3,(H2,19,22)(H2,20,21,25). The fourth-order valence-corrected chi connectivity index (χ4v) is 3.10. The molecule has 2 amide bonds. The first-order valence-corrected chi connectivity index (χ1v) is 10.1. The van der Waals surface area contributed by atoms with E-state index in [0.717, 1.165) is 12.8 Å². The third kappa shape index (κ3) is 6.83. The van der Waals surface area contributed by atoms with Crippen LogP contribution < -0.4 is 16.0 Å². The van der Waals surface area contributed by atoms with E-state index in [-0.39, 0.29) is 22.0 Å². The Morgan fingerprint density at radius 2 is 2.11 bits per heavy atom. The molecule has 0 saturated heterocycles. The summed E-state index contributed by atoms with van der Waals surface area (Å²) in [5.41, 5.74) is 0.769. The molecule has 0 bridgehead atoms. The summed E-state index contributed by atoms with van der Waals surface area (Å²) in [6.07, 6.45) is 1.96. The van der Waals surface area contributed by atoms with Crippen molar-refractivity contribution in [2.75, 3.05) is 24.2 Å². The Kier molecular flexibility index (Phi) is 8.52. The van der Waals surface area contributed by atoms with Gasteiger partial charge in [0.05, 0.1) is 4.47 Å². The molecule has 2 rings (SSSR count). The van der Waals surface area contributed by atoms with Crippen LogP contribution in [-0.2, 0) is 0 Å². The predicted octanol–water partition coefficient (Wildman–Crippen LogP) is 3.60. The summed E-state index contributed by atoms with van der Waals surface area (Å²) >= 11 is 4.41. The van der Waals surface area contributed by atoms with Gasteiger partial charge in [-0.2, -0.15) is 0 Å². The van der Waals surface area contributed by atoms with Gasteiger partial charge in [-0.15, -0.1) is 0 Å². The zero-order valence-electron chi connectivity index (χ0n) is 14.6. The molecular weight excluding hydrogens is 439 g/mol. The molecule has 0 saturated carbocycles. The van der Waals surface area contributed by atoms with Gasteiger partial charge in [-0.25, -0.2) is 13.8 Å². The number of hydrogen-bond acceptors (Lipinski definition) is 6. The molecule has 1 aromatic heterocycles. The van der Waals surface area contributed by atoms with Crippen LogP contribution in [0.4, 0.5) is 14.9 Å². The third-order valence-corrected chi connectivity index (χ3v) is 4.88. The number of urea groups is 1. The lowest BCUT2D eigenvalue weighted by Crippen LogP contribution is -2.37. The van der Waals surface area contributed by atoms with Gasteiger partial charge in [0.1, 0.15) is 5.82 Å². The highest BCUT2D eigenvalue weighted by Crippen LogP contribution is 2.22. The largest absolute Gasteiger partial charge is 0.339 e. The summed E-state index contributed by atoms with van der Waals surface area (Å²) < 4.78 is 18.3. The highest BCUT2D eigenvalue weighted by atomic mass is 79.9. The SMILES string of the molecule is CCCCNC(=O)NCCSc1nonc1C(=N)Nc1ccc(F)c(Br)c1. The molecule has 0 spiro atoms. The van der Waals surface area contributed by atoms with Crippen LogP contribution in [0.2, 0.25) is 0 Å². The van der Waals surface area contributed by atoms with Gasteiger partial charge in [-0.05, 0) is 50.9 Å². The van der Waals surface area contributed by atoms with Gasteiger partial charge in [0.25, 0.3) is 0 Å². The van der Waals surface area contributed by atoms with Crippen molar-refractivity contribution in [2.45, 2.75) is 24.8 Å². The van der Waals surface area contributed by atoms with Crippen molar-refractivity contribution in [2.24, 2.45) is 0 Å². The van der Waals surface area contributed by atoms with Crippen LogP contribution in [0.15, 0.2) is 32.3 Å². The Bertz CT molecular complexity index is 788. The Labute approximate surface area is 168 Å². The molecule has 0 radical (unpaired) electrons. The molecule has 1 heterocycles. The van der Waals surface area contributed by atoms with E-state index >= 15 is 0 Å². The van der Waals surface area contributed by atoms with Crippen LogP contribution in [0.1, 0.15) is 25.5 Å². The second kappa shape index (κ2) is 10.9. The minimum Gasteiger partial charge on any atom is -0.339 e. The second-order valence-electron chi connectivity index (χ2n) is 5.43. The Hall–Kier alpha value is -2.14. The molecule has 0 aliphatic heterocycles.